The SMILES string of the molecule is O=C(CCCCc1ccccc1)N1CCN2C(=O)c3ccccc3C12c1ccc(Cl)cc1. The number of unbranched alkanes of at least 4 members (excludes halogenated alkanes) is 1. The molecule has 2 aliphatic heterocycles. The molecule has 0 N–H and O–H groups in total. The molecule has 0 aliphatic carbocycles. The predicted molar refractivity (Wildman–Crippen MR) is 125 cm³/mol. The minimum absolute atomic E-state index is 0.0186. The van der Waals surface area contributed by atoms with E-state index in [-0.39, 0.29) is 11.8 Å². The van der Waals surface area contributed by atoms with Crippen LogP contribution in [0.1, 0.15) is 46.3 Å². The lowest BCUT2D eigenvalue weighted by molar-refractivity contribution is -0.136. The molecule has 0 spiro atoms. The highest BCUT2D eigenvalue weighted by Gasteiger charge is 2.59. The lowest BCUT2D eigenvalue weighted by Crippen LogP contribution is -2.51. The summed E-state index contributed by atoms with van der Waals surface area (Å²) in [5.41, 5.74) is 2.84. The average molecular weight is 445 g/mol. The highest BCUT2D eigenvalue weighted by molar-refractivity contribution is 6.30. The molecule has 5 heteroatoms. The Labute approximate surface area is 193 Å². The summed E-state index contributed by atoms with van der Waals surface area (Å²) in [6.07, 6.45) is 3.20. The third-order valence-corrected chi connectivity index (χ3v) is 6.86. The van der Waals surface area contributed by atoms with Gasteiger partial charge in [0.1, 0.15) is 0 Å². The van der Waals surface area contributed by atoms with Gasteiger partial charge in [-0.1, -0.05) is 72.3 Å². The molecule has 32 heavy (non-hydrogen) atoms. The lowest BCUT2D eigenvalue weighted by atomic mass is 9.89. The topological polar surface area (TPSA) is 40.6 Å². The fourth-order valence-corrected chi connectivity index (χ4v) is 5.29. The Morgan fingerprint density at radius 2 is 1.59 bits per heavy atom. The van der Waals surface area contributed by atoms with Gasteiger partial charge >= 0.3 is 0 Å². The van der Waals surface area contributed by atoms with Crippen molar-refractivity contribution in [3.8, 4) is 0 Å². The Morgan fingerprint density at radius 3 is 2.38 bits per heavy atom. The molecule has 3 aromatic rings. The van der Waals surface area contributed by atoms with Gasteiger partial charge in [0.25, 0.3) is 5.91 Å². The van der Waals surface area contributed by atoms with E-state index in [2.05, 4.69) is 12.1 Å². The van der Waals surface area contributed by atoms with Crippen LogP contribution in [0.25, 0.3) is 0 Å². The fourth-order valence-electron chi connectivity index (χ4n) is 5.17. The van der Waals surface area contributed by atoms with Crippen molar-refractivity contribution >= 4 is 23.4 Å². The number of hydrogen-bond donors (Lipinski definition) is 0. The van der Waals surface area contributed by atoms with Crippen LogP contribution in [0.4, 0.5) is 0 Å². The smallest absolute Gasteiger partial charge is 0.256 e. The van der Waals surface area contributed by atoms with E-state index < -0.39 is 5.66 Å². The second kappa shape index (κ2) is 8.44. The Morgan fingerprint density at radius 1 is 0.875 bits per heavy atom. The van der Waals surface area contributed by atoms with Crippen molar-refractivity contribution in [3.05, 3.63) is 106 Å². The molecule has 2 aliphatic rings. The van der Waals surface area contributed by atoms with Gasteiger partial charge in [-0.2, -0.15) is 0 Å². The highest BCUT2D eigenvalue weighted by atomic mass is 35.5. The summed E-state index contributed by atoms with van der Waals surface area (Å²) in [5, 5.41) is 0.631. The van der Waals surface area contributed by atoms with Crippen molar-refractivity contribution in [3.63, 3.8) is 0 Å². The zero-order valence-electron chi connectivity index (χ0n) is 17.8. The number of halogens is 1. The minimum atomic E-state index is -0.894. The van der Waals surface area contributed by atoms with E-state index in [0.29, 0.717) is 30.1 Å². The van der Waals surface area contributed by atoms with Gasteiger partial charge in [0.2, 0.25) is 5.91 Å². The molecule has 0 saturated carbocycles. The zero-order valence-corrected chi connectivity index (χ0v) is 18.6. The predicted octanol–water partition coefficient (Wildman–Crippen LogP) is 5.25. The van der Waals surface area contributed by atoms with Crippen LogP contribution in [0, 0.1) is 0 Å². The summed E-state index contributed by atoms with van der Waals surface area (Å²) in [6, 6.07) is 25.5. The van der Waals surface area contributed by atoms with Crippen molar-refractivity contribution in [1.82, 2.24) is 9.80 Å². The van der Waals surface area contributed by atoms with Crippen molar-refractivity contribution in [2.75, 3.05) is 13.1 Å². The van der Waals surface area contributed by atoms with Gasteiger partial charge in [-0.15, -0.1) is 0 Å². The van der Waals surface area contributed by atoms with Crippen LogP contribution in [0.5, 0.6) is 0 Å². The number of carbonyl (C=O) groups excluding carboxylic acids is 2. The van der Waals surface area contributed by atoms with Crippen LogP contribution in [0.2, 0.25) is 5.02 Å². The number of amides is 2. The first-order valence-corrected chi connectivity index (χ1v) is 11.5. The number of benzene rings is 3. The zero-order chi connectivity index (χ0) is 22.1. The third-order valence-electron chi connectivity index (χ3n) is 6.60. The summed E-state index contributed by atoms with van der Waals surface area (Å²) in [5.74, 6) is 0.0648. The first-order chi connectivity index (χ1) is 15.6. The lowest BCUT2D eigenvalue weighted by Gasteiger charge is -2.40. The molecule has 2 heterocycles. The summed E-state index contributed by atoms with van der Waals surface area (Å²) in [6.45, 7) is 1.05. The summed E-state index contributed by atoms with van der Waals surface area (Å²) in [4.78, 5) is 30.5. The number of carbonyl (C=O) groups is 2. The standard InChI is InChI=1S/C27H25ClN2O2/c28-22-16-14-21(15-17-22)27-24-12-6-5-11-23(24)26(32)30(27)19-18-29(27)25(31)13-7-4-10-20-8-2-1-3-9-20/h1-3,5-6,8-9,11-12,14-17H,4,7,10,13,18-19H2. The van der Waals surface area contributed by atoms with Gasteiger partial charge < -0.3 is 9.80 Å². The molecule has 0 bridgehead atoms. The molecule has 5 rings (SSSR count). The van der Waals surface area contributed by atoms with E-state index in [4.69, 9.17) is 11.6 Å². The maximum absolute atomic E-state index is 13.5. The first kappa shape index (κ1) is 20.8. The number of nitrogens with zero attached hydrogens (tertiary/aromatic N) is 2. The molecule has 4 nitrogen and oxygen atoms in total. The molecule has 1 fully saturated rings. The Balaban J connectivity index is 1.43. The molecule has 1 saturated heterocycles. The third kappa shape index (κ3) is 3.30. The van der Waals surface area contributed by atoms with Crippen molar-refractivity contribution in [2.45, 2.75) is 31.3 Å². The van der Waals surface area contributed by atoms with E-state index in [9.17, 15) is 9.59 Å². The van der Waals surface area contributed by atoms with Gasteiger partial charge in [0.05, 0.1) is 0 Å². The molecule has 3 aromatic carbocycles. The Kier molecular flexibility index (Phi) is 5.48. The summed E-state index contributed by atoms with van der Waals surface area (Å²) >= 11 is 6.16. The van der Waals surface area contributed by atoms with Gasteiger partial charge in [-0.05, 0) is 43.0 Å². The number of aryl methyl sites for hydroxylation is 1. The van der Waals surface area contributed by atoms with E-state index in [1.807, 2.05) is 76.5 Å². The molecule has 162 valence electrons. The van der Waals surface area contributed by atoms with Crippen LogP contribution in [0.3, 0.4) is 0 Å². The molecule has 0 radical (unpaired) electrons. The van der Waals surface area contributed by atoms with Crippen LogP contribution in [-0.2, 0) is 16.9 Å². The van der Waals surface area contributed by atoms with Gasteiger partial charge in [0, 0.05) is 41.2 Å². The van der Waals surface area contributed by atoms with Gasteiger partial charge in [0.15, 0.2) is 5.66 Å². The molecular weight excluding hydrogens is 420 g/mol. The first-order valence-electron chi connectivity index (χ1n) is 11.1. The molecule has 0 aromatic heterocycles. The number of rotatable bonds is 6. The van der Waals surface area contributed by atoms with Crippen molar-refractivity contribution in [2.24, 2.45) is 0 Å². The quantitative estimate of drug-likeness (QED) is 0.487. The van der Waals surface area contributed by atoms with Crippen LogP contribution < -0.4 is 0 Å². The normalized spacial score (nSPS) is 19.2. The van der Waals surface area contributed by atoms with Gasteiger partial charge in [-0.3, -0.25) is 9.59 Å². The van der Waals surface area contributed by atoms with E-state index in [1.54, 1.807) is 0 Å². The van der Waals surface area contributed by atoms with Crippen LogP contribution in [0.15, 0.2) is 78.9 Å². The van der Waals surface area contributed by atoms with Crippen molar-refractivity contribution < 1.29 is 9.59 Å². The van der Waals surface area contributed by atoms with Crippen LogP contribution in [-0.4, -0.2) is 34.7 Å². The second-order valence-electron chi connectivity index (χ2n) is 8.42. The minimum Gasteiger partial charge on any atom is -0.310 e. The monoisotopic (exact) mass is 444 g/mol. The van der Waals surface area contributed by atoms with Crippen LogP contribution >= 0.6 is 11.6 Å². The second-order valence-corrected chi connectivity index (χ2v) is 8.86. The van der Waals surface area contributed by atoms with Crippen molar-refractivity contribution in [1.29, 1.82) is 0 Å². The van der Waals surface area contributed by atoms with E-state index in [1.165, 1.54) is 5.56 Å². The Bertz CT molecular complexity index is 1150. The average Bonchev–Trinajstić information content (AvgIpc) is 3.33. The highest BCUT2D eigenvalue weighted by Crippen LogP contribution is 2.49. The summed E-state index contributed by atoms with van der Waals surface area (Å²) < 4.78 is 0. The molecule has 1 atom stereocenters. The molecule has 2 amide bonds. The maximum atomic E-state index is 13.5. The Hall–Kier alpha value is -3.11. The van der Waals surface area contributed by atoms with E-state index in [0.717, 1.165) is 30.4 Å². The van der Waals surface area contributed by atoms with Gasteiger partial charge in [-0.25, -0.2) is 0 Å². The fraction of sp³-hybridized carbons (Fsp3) is 0.259. The molecule has 1 unspecified atom stereocenters. The summed E-state index contributed by atoms with van der Waals surface area (Å²) in [7, 11) is 0. The van der Waals surface area contributed by atoms with E-state index >= 15 is 0 Å². The number of fused-ring (bicyclic) bond motifs is 3. The largest absolute Gasteiger partial charge is 0.310 e. The number of hydrogen-bond acceptors (Lipinski definition) is 2. The molecular formula is C27H25ClN2O2. The maximum Gasteiger partial charge on any atom is 0.256 e.